The van der Waals surface area contributed by atoms with E-state index in [-0.39, 0.29) is 0 Å². The van der Waals surface area contributed by atoms with Gasteiger partial charge in [0.1, 0.15) is 5.01 Å². The summed E-state index contributed by atoms with van der Waals surface area (Å²) in [6.07, 6.45) is 4.73. The number of nitrogens with zero attached hydrogens (tertiary/aromatic N) is 4. The number of thioether (sulfide) groups is 1. The molecule has 2 aromatic heterocycles. The van der Waals surface area contributed by atoms with E-state index in [1.165, 1.54) is 0 Å². The molecule has 0 aliphatic heterocycles. The first-order valence-corrected chi connectivity index (χ1v) is 7.56. The average molecular weight is 281 g/mol. The van der Waals surface area contributed by atoms with Gasteiger partial charge in [-0.3, -0.25) is 0 Å². The molecule has 0 bridgehead atoms. The molecule has 0 unspecified atom stereocenters. The van der Waals surface area contributed by atoms with E-state index in [2.05, 4.69) is 32.4 Å². The molecule has 0 aliphatic carbocycles. The van der Waals surface area contributed by atoms with E-state index in [1.54, 1.807) is 23.1 Å². The van der Waals surface area contributed by atoms with Gasteiger partial charge in [0.15, 0.2) is 5.16 Å². The standard InChI is InChI=1S/C11H15N5S2/c1-3-4-12-11-16-15-9(18-11)7-17-10-13-5-8(2)6-14-10/h5-6H,3-4,7H2,1-2H3,(H,12,16). The maximum Gasteiger partial charge on any atom is 0.205 e. The van der Waals surface area contributed by atoms with Gasteiger partial charge in [-0.15, -0.1) is 10.2 Å². The Morgan fingerprint density at radius 3 is 2.78 bits per heavy atom. The lowest BCUT2D eigenvalue weighted by Crippen LogP contribution is -1.98. The van der Waals surface area contributed by atoms with Gasteiger partial charge in [0.2, 0.25) is 5.13 Å². The van der Waals surface area contributed by atoms with Crippen LogP contribution >= 0.6 is 23.1 Å². The Balaban J connectivity index is 1.86. The summed E-state index contributed by atoms with van der Waals surface area (Å²) < 4.78 is 0. The quantitative estimate of drug-likeness (QED) is 0.649. The van der Waals surface area contributed by atoms with Crippen LogP contribution in [0.3, 0.4) is 0 Å². The first-order chi connectivity index (χ1) is 8.78. The van der Waals surface area contributed by atoms with Gasteiger partial charge in [0.05, 0.1) is 5.75 Å². The van der Waals surface area contributed by atoms with Crippen molar-refractivity contribution in [3.63, 3.8) is 0 Å². The largest absolute Gasteiger partial charge is 0.360 e. The highest BCUT2D eigenvalue weighted by molar-refractivity contribution is 7.98. The molecule has 2 rings (SSSR count). The van der Waals surface area contributed by atoms with Crippen LogP contribution in [0.2, 0.25) is 0 Å². The number of aromatic nitrogens is 4. The fourth-order valence-electron chi connectivity index (χ4n) is 1.20. The molecule has 0 fully saturated rings. The molecule has 2 aromatic rings. The summed E-state index contributed by atoms with van der Waals surface area (Å²) in [7, 11) is 0. The normalized spacial score (nSPS) is 10.6. The lowest BCUT2D eigenvalue weighted by molar-refractivity contribution is 0.944. The summed E-state index contributed by atoms with van der Waals surface area (Å²) in [5.41, 5.74) is 1.07. The Hall–Kier alpha value is -1.21. The topological polar surface area (TPSA) is 63.6 Å². The van der Waals surface area contributed by atoms with Gasteiger partial charge in [-0.25, -0.2) is 9.97 Å². The second kappa shape index (κ2) is 6.65. The van der Waals surface area contributed by atoms with Crippen molar-refractivity contribution in [1.29, 1.82) is 0 Å². The fourth-order valence-corrected chi connectivity index (χ4v) is 2.73. The van der Waals surface area contributed by atoms with Crippen LogP contribution in [0.15, 0.2) is 17.6 Å². The molecule has 0 spiro atoms. The van der Waals surface area contributed by atoms with Crippen LogP contribution in [0.4, 0.5) is 5.13 Å². The van der Waals surface area contributed by atoms with E-state index in [1.807, 2.05) is 19.3 Å². The molecule has 2 heterocycles. The summed E-state index contributed by atoms with van der Waals surface area (Å²) in [4.78, 5) is 8.48. The molecule has 96 valence electrons. The molecule has 0 atom stereocenters. The van der Waals surface area contributed by atoms with Crippen molar-refractivity contribution in [1.82, 2.24) is 20.2 Å². The summed E-state index contributed by atoms with van der Waals surface area (Å²) >= 11 is 3.16. The van der Waals surface area contributed by atoms with Crippen molar-refractivity contribution in [2.24, 2.45) is 0 Å². The summed E-state index contributed by atoms with van der Waals surface area (Å²) in [5.74, 6) is 0.758. The first-order valence-electron chi connectivity index (χ1n) is 5.75. The van der Waals surface area contributed by atoms with Crippen molar-refractivity contribution in [3.8, 4) is 0 Å². The van der Waals surface area contributed by atoms with Crippen LogP contribution in [0.25, 0.3) is 0 Å². The van der Waals surface area contributed by atoms with Crippen LogP contribution in [-0.4, -0.2) is 26.7 Å². The van der Waals surface area contributed by atoms with Crippen molar-refractivity contribution >= 4 is 28.2 Å². The van der Waals surface area contributed by atoms with Gasteiger partial charge in [0, 0.05) is 18.9 Å². The van der Waals surface area contributed by atoms with Gasteiger partial charge in [-0.05, 0) is 18.9 Å². The Bertz CT molecular complexity index is 482. The Kier molecular flexibility index (Phi) is 4.89. The first kappa shape index (κ1) is 13.2. The van der Waals surface area contributed by atoms with Crippen LogP contribution in [0.1, 0.15) is 23.9 Å². The molecule has 0 aromatic carbocycles. The SMILES string of the molecule is CCCNc1nnc(CSc2ncc(C)cn2)s1. The zero-order valence-electron chi connectivity index (χ0n) is 10.4. The molecular formula is C11H15N5S2. The second-order valence-corrected chi connectivity index (χ2v) is 5.76. The molecule has 0 saturated heterocycles. The molecule has 0 amide bonds. The molecule has 0 aliphatic rings. The summed E-state index contributed by atoms with van der Waals surface area (Å²) in [6, 6.07) is 0. The number of hydrogen-bond acceptors (Lipinski definition) is 7. The van der Waals surface area contributed by atoms with Gasteiger partial charge in [-0.1, -0.05) is 30.0 Å². The maximum atomic E-state index is 4.24. The highest BCUT2D eigenvalue weighted by Crippen LogP contribution is 2.23. The zero-order valence-corrected chi connectivity index (χ0v) is 12.0. The highest BCUT2D eigenvalue weighted by Gasteiger charge is 2.05. The predicted octanol–water partition coefficient (Wildman–Crippen LogP) is 2.75. The van der Waals surface area contributed by atoms with E-state index in [4.69, 9.17) is 0 Å². The summed E-state index contributed by atoms with van der Waals surface area (Å²) in [6.45, 7) is 5.03. The number of rotatable bonds is 6. The van der Waals surface area contributed by atoms with Gasteiger partial charge < -0.3 is 5.32 Å². The molecule has 0 saturated carbocycles. The Morgan fingerprint density at radius 2 is 2.06 bits per heavy atom. The van der Waals surface area contributed by atoms with Crippen LogP contribution in [-0.2, 0) is 5.75 Å². The average Bonchev–Trinajstić information content (AvgIpc) is 2.84. The molecule has 18 heavy (non-hydrogen) atoms. The monoisotopic (exact) mass is 281 g/mol. The minimum absolute atomic E-state index is 0.758. The van der Waals surface area contributed by atoms with Crippen molar-refractivity contribution in [2.45, 2.75) is 31.2 Å². The minimum atomic E-state index is 0.758. The second-order valence-electron chi connectivity index (χ2n) is 3.76. The minimum Gasteiger partial charge on any atom is -0.360 e. The van der Waals surface area contributed by atoms with Crippen LogP contribution in [0, 0.1) is 6.92 Å². The van der Waals surface area contributed by atoms with E-state index in [9.17, 15) is 0 Å². The van der Waals surface area contributed by atoms with Crippen molar-refractivity contribution in [2.75, 3.05) is 11.9 Å². The van der Waals surface area contributed by atoms with Gasteiger partial charge >= 0.3 is 0 Å². The molecular weight excluding hydrogens is 266 g/mol. The van der Waals surface area contributed by atoms with Crippen LogP contribution < -0.4 is 5.32 Å². The number of hydrogen-bond donors (Lipinski definition) is 1. The third kappa shape index (κ3) is 3.92. The molecule has 0 radical (unpaired) electrons. The Morgan fingerprint density at radius 1 is 1.28 bits per heavy atom. The molecule has 1 N–H and O–H groups in total. The van der Waals surface area contributed by atoms with E-state index in [0.717, 1.165) is 39.6 Å². The lowest BCUT2D eigenvalue weighted by Gasteiger charge is -1.97. The molecule has 5 nitrogen and oxygen atoms in total. The number of aryl methyl sites for hydroxylation is 1. The lowest BCUT2D eigenvalue weighted by atomic mass is 10.4. The van der Waals surface area contributed by atoms with E-state index < -0.39 is 0 Å². The van der Waals surface area contributed by atoms with Crippen molar-refractivity contribution in [3.05, 3.63) is 23.0 Å². The third-order valence-corrected chi connectivity index (χ3v) is 4.03. The van der Waals surface area contributed by atoms with E-state index in [0.29, 0.717) is 0 Å². The highest BCUT2D eigenvalue weighted by atomic mass is 32.2. The molecule has 7 heteroatoms. The predicted molar refractivity (Wildman–Crippen MR) is 75.0 cm³/mol. The van der Waals surface area contributed by atoms with Gasteiger partial charge in [-0.2, -0.15) is 0 Å². The number of anilines is 1. The Labute approximate surface area is 114 Å². The summed E-state index contributed by atoms with van der Waals surface area (Å²) in [5, 5.41) is 14.1. The fraction of sp³-hybridized carbons (Fsp3) is 0.455. The van der Waals surface area contributed by atoms with Gasteiger partial charge in [0.25, 0.3) is 0 Å². The smallest absolute Gasteiger partial charge is 0.205 e. The van der Waals surface area contributed by atoms with E-state index >= 15 is 0 Å². The number of nitrogens with one attached hydrogen (secondary N) is 1. The van der Waals surface area contributed by atoms with Crippen LogP contribution in [0.5, 0.6) is 0 Å². The third-order valence-electron chi connectivity index (χ3n) is 2.08. The van der Waals surface area contributed by atoms with Crippen molar-refractivity contribution < 1.29 is 0 Å². The zero-order chi connectivity index (χ0) is 12.8. The maximum absolute atomic E-state index is 4.24.